The van der Waals surface area contributed by atoms with Crippen molar-refractivity contribution in [1.82, 2.24) is 9.88 Å². The van der Waals surface area contributed by atoms with Crippen molar-refractivity contribution in [2.75, 3.05) is 31.7 Å². The molecule has 6 heteroatoms. The zero-order valence-corrected chi connectivity index (χ0v) is 18.9. The van der Waals surface area contributed by atoms with E-state index in [2.05, 4.69) is 39.5 Å². The van der Waals surface area contributed by atoms with Gasteiger partial charge in [0.1, 0.15) is 5.75 Å². The van der Waals surface area contributed by atoms with Crippen LogP contribution in [0.2, 0.25) is 0 Å². The van der Waals surface area contributed by atoms with Gasteiger partial charge in [-0.2, -0.15) is 5.10 Å². The van der Waals surface area contributed by atoms with Crippen molar-refractivity contribution in [3.05, 3.63) is 65.5 Å². The number of rotatable bonds is 9. The van der Waals surface area contributed by atoms with E-state index in [-0.39, 0.29) is 0 Å². The molecule has 3 aromatic rings. The van der Waals surface area contributed by atoms with Crippen LogP contribution in [-0.4, -0.2) is 42.3 Å². The van der Waals surface area contributed by atoms with Crippen LogP contribution in [-0.2, 0) is 0 Å². The van der Waals surface area contributed by atoms with Gasteiger partial charge in [0.15, 0.2) is 0 Å². The summed E-state index contributed by atoms with van der Waals surface area (Å²) < 4.78 is 5.96. The average Bonchev–Trinajstić information content (AvgIpc) is 3.27. The standard InChI is InChI=1S/C25H30N4OS/c1-20-8-6-13-29(18-20)14-7-15-30-23-12-5-9-21(16-23)17-26-28-25-27-24(19-31-25)22-10-3-2-4-11-22/h2-5,9-12,16-17,19-20H,6-8,13-15,18H2,1H3,(H,27,28). The van der Waals surface area contributed by atoms with E-state index in [4.69, 9.17) is 4.74 Å². The molecule has 4 rings (SSSR count). The second-order valence-electron chi connectivity index (χ2n) is 8.10. The van der Waals surface area contributed by atoms with Crippen LogP contribution in [0.25, 0.3) is 11.3 Å². The Hall–Kier alpha value is -2.70. The number of nitrogens with one attached hydrogen (secondary N) is 1. The Morgan fingerprint density at radius 2 is 2.13 bits per heavy atom. The van der Waals surface area contributed by atoms with E-state index in [1.165, 1.54) is 25.9 Å². The van der Waals surface area contributed by atoms with Crippen LogP contribution < -0.4 is 10.2 Å². The first-order valence-electron chi connectivity index (χ1n) is 11.0. The second-order valence-corrected chi connectivity index (χ2v) is 8.95. The number of hydrazone groups is 1. The molecule has 5 nitrogen and oxygen atoms in total. The maximum Gasteiger partial charge on any atom is 0.203 e. The lowest BCUT2D eigenvalue weighted by Gasteiger charge is -2.30. The normalized spacial score (nSPS) is 17.1. The number of aromatic nitrogens is 1. The number of piperidine rings is 1. The minimum atomic E-state index is 0.741. The van der Waals surface area contributed by atoms with Crippen LogP contribution in [0.15, 0.2) is 65.1 Å². The molecule has 0 bridgehead atoms. The highest BCUT2D eigenvalue weighted by Crippen LogP contribution is 2.24. The molecule has 0 amide bonds. The molecule has 2 aromatic carbocycles. The van der Waals surface area contributed by atoms with Crippen molar-refractivity contribution in [2.45, 2.75) is 26.2 Å². The van der Waals surface area contributed by atoms with E-state index in [1.54, 1.807) is 17.6 Å². The Morgan fingerprint density at radius 3 is 3.00 bits per heavy atom. The topological polar surface area (TPSA) is 49.8 Å². The van der Waals surface area contributed by atoms with Crippen molar-refractivity contribution in [3.8, 4) is 17.0 Å². The second kappa shape index (κ2) is 11.1. The number of hydrogen-bond donors (Lipinski definition) is 1. The Labute approximate surface area is 188 Å². The highest BCUT2D eigenvalue weighted by molar-refractivity contribution is 7.14. The third kappa shape index (κ3) is 6.64. The third-order valence-corrected chi connectivity index (χ3v) is 6.18. The number of nitrogens with zero attached hydrogens (tertiary/aromatic N) is 3. The van der Waals surface area contributed by atoms with Crippen LogP contribution in [0, 0.1) is 5.92 Å². The van der Waals surface area contributed by atoms with Gasteiger partial charge in [-0.25, -0.2) is 4.98 Å². The predicted octanol–water partition coefficient (Wildman–Crippen LogP) is 5.76. The molecule has 0 radical (unpaired) electrons. The first kappa shape index (κ1) is 21.5. The zero-order valence-electron chi connectivity index (χ0n) is 18.0. The van der Waals surface area contributed by atoms with E-state index in [0.717, 1.165) is 53.2 Å². The Morgan fingerprint density at radius 1 is 1.23 bits per heavy atom. The van der Waals surface area contributed by atoms with Crippen molar-refractivity contribution < 1.29 is 4.74 Å². The number of likely N-dealkylation sites (tertiary alicyclic amines) is 1. The molecule has 162 valence electrons. The van der Waals surface area contributed by atoms with Gasteiger partial charge in [-0.3, -0.25) is 5.43 Å². The first-order valence-corrected chi connectivity index (χ1v) is 11.9. The summed E-state index contributed by atoms with van der Waals surface area (Å²) in [7, 11) is 0. The molecule has 0 saturated carbocycles. The fourth-order valence-corrected chi connectivity index (χ4v) is 4.55. The van der Waals surface area contributed by atoms with Crippen LogP contribution in [0.4, 0.5) is 5.13 Å². The monoisotopic (exact) mass is 434 g/mol. The molecule has 1 N–H and O–H groups in total. The van der Waals surface area contributed by atoms with Gasteiger partial charge in [0.25, 0.3) is 0 Å². The molecular weight excluding hydrogens is 404 g/mol. The molecule has 1 unspecified atom stereocenters. The van der Waals surface area contributed by atoms with Gasteiger partial charge in [0.2, 0.25) is 5.13 Å². The highest BCUT2D eigenvalue weighted by Gasteiger charge is 2.15. The molecule has 1 aromatic heterocycles. The van der Waals surface area contributed by atoms with Crippen molar-refractivity contribution in [1.29, 1.82) is 0 Å². The quantitative estimate of drug-likeness (QED) is 0.264. The van der Waals surface area contributed by atoms with Gasteiger partial charge < -0.3 is 9.64 Å². The Kier molecular flexibility index (Phi) is 7.69. The molecule has 1 saturated heterocycles. The third-order valence-electron chi connectivity index (χ3n) is 5.43. The average molecular weight is 435 g/mol. The van der Waals surface area contributed by atoms with Gasteiger partial charge in [0, 0.05) is 24.0 Å². The van der Waals surface area contributed by atoms with E-state index < -0.39 is 0 Å². The van der Waals surface area contributed by atoms with E-state index in [9.17, 15) is 0 Å². The summed E-state index contributed by atoms with van der Waals surface area (Å²) in [5.41, 5.74) is 6.08. The molecule has 1 aliphatic heterocycles. The summed E-state index contributed by atoms with van der Waals surface area (Å²) in [6.45, 7) is 6.67. The summed E-state index contributed by atoms with van der Waals surface area (Å²) in [6.07, 6.45) is 5.55. The van der Waals surface area contributed by atoms with Crippen LogP contribution >= 0.6 is 11.3 Å². The molecule has 0 spiro atoms. The Bertz CT molecular complexity index is 972. The Balaban J connectivity index is 1.23. The van der Waals surface area contributed by atoms with Crippen LogP contribution in [0.3, 0.4) is 0 Å². The molecular formula is C25H30N4OS. The molecule has 1 atom stereocenters. The number of thiazole rings is 1. The van der Waals surface area contributed by atoms with Crippen molar-refractivity contribution in [2.24, 2.45) is 11.0 Å². The van der Waals surface area contributed by atoms with Gasteiger partial charge in [-0.15, -0.1) is 11.3 Å². The molecule has 2 heterocycles. The maximum atomic E-state index is 5.96. The summed E-state index contributed by atoms with van der Waals surface area (Å²) >= 11 is 1.54. The van der Waals surface area contributed by atoms with Gasteiger partial charge in [-0.1, -0.05) is 49.4 Å². The summed E-state index contributed by atoms with van der Waals surface area (Å²) in [4.78, 5) is 7.15. The lowest BCUT2D eigenvalue weighted by atomic mass is 10.0. The number of anilines is 1. The molecule has 1 fully saturated rings. The largest absolute Gasteiger partial charge is 0.494 e. The summed E-state index contributed by atoms with van der Waals surface area (Å²) in [6, 6.07) is 18.2. The molecule has 1 aliphatic rings. The maximum absolute atomic E-state index is 5.96. The van der Waals surface area contributed by atoms with E-state index in [0.29, 0.717) is 0 Å². The fourth-order valence-electron chi connectivity index (χ4n) is 3.88. The van der Waals surface area contributed by atoms with Gasteiger partial charge >= 0.3 is 0 Å². The van der Waals surface area contributed by atoms with E-state index in [1.807, 2.05) is 47.8 Å². The number of benzene rings is 2. The minimum absolute atomic E-state index is 0.741. The van der Waals surface area contributed by atoms with Gasteiger partial charge in [0.05, 0.1) is 18.5 Å². The number of ether oxygens (including phenoxy) is 1. The molecule has 31 heavy (non-hydrogen) atoms. The minimum Gasteiger partial charge on any atom is -0.494 e. The van der Waals surface area contributed by atoms with Crippen molar-refractivity contribution in [3.63, 3.8) is 0 Å². The SMILES string of the molecule is CC1CCCN(CCCOc2cccc(C=NNc3nc(-c4ccccc4)cs3)c2)C1. The zero-order chi connectivity index (χ0) is 21.3. The summed E-state index contributed by atoms with van der Waals surface area (Å²) in [5, 5.41) is 7.14. The first-order chi connectivity index (χ1) is 15.3. The number of hydrogen-bond acceptors (Lipinski definition) is 6. The lowest BCUT2D eigenvalue weighted by molar-refractivity contribution is 0.170. The van der Waals surface area contributed by atoms with E-state index >= 15 is 0 Å². The highest BCUT2D eigenvalue weighted by atomic mass is 32.1. The van der Waals surface area contributed by atoms with Crippen LogP contribution in [0.1, 0.15) is 31.7 Å². The van der Waals surface area contributed by atoms with Crippen LogP contribution in [0.5, 0.6) is 5.75 Å². The lowest BCUT2D eigenvalue weighted by Crippen LogP contribution is -2.35. The van der Waals surface area contributed by atoms with Crippen molar-refractivity contribution >= 4 is 22.7 Å². The smallest absolute Gasteiger partial charge is 0.203 e. The summed E-state index contributed by atoms with van der Waals surface area (Å²) in [5.74, 6) is 1.71. The molecule has 0 aliphatic carbocycles. The van der Waals surface area contributed by atoms with Gasteiger partial charge in [-0.05, 0) is 49.4 Å². The predicted molar refractivity (Wildman–Crippen MR) is 130 cm³/mol. The fraction of sp³-hybridized carbons (Fsp3) is 0.360.